The van der Waals surface area contributed by atoms with Gasteiger partial charge < -0.3 is 10.6 Å². The third kappa shape index (κ3) is 4.49. The van der Waals surface area contributed by atoms with Crippen molar-refractivity contribution in [2.75, 3.05) is 11.4 Å². The molecular weight excluding hydrogens is 262 g/mol. The maximum atomic E-state index is 5.79. The van der Waals surface area contributed by atoms with E-state index in [2.05, 4.69) is 26.8 Å². The summed E-state index contributed by atoms with van der Waals surface area (Å²) in [4.78, 5) is 15.5. The molecule has 0 saturated carbocycles. The number of aromatic nitrogens is 3. The van der Waals surface area contributed by atoms with Crippen molar-refractivity contribution < 1.29 is 0 Å². The number of pyridine rings is 1. The molecule has 0 aromatic carbocycles. The van der Waals surface area contributed by atoms with E-state index in [0.29, 0.717) is 6.54 Å². The van der Waals surface area contributed by atoms with Crippen molar-refractivity contribution in [3.8, 4) is 0 Å². The summed E-state index contributed by atoms with van der Waals surface area (Å²) in [5, 5.41) is 0. The van der Waals surface area contributed by atoms with Crippen LogP contribution in [0.5, 0.6) is 0 Å². The largest absolute Gasteiger partial charge is 0.335 e. The number of anilines is 1. The first-order valence-corrected chi connectivity index (χ1v) is 7.32. The highest BCUT2D eigenvalue weighted by Gasteiger charge is 2.09. The molecule has 0 aliphatic carbocycles. The van der Waals surface area contributed by atoms with Crippen molar-refractivity contribution in [3.63, 3.8) is 0 Å². The normalized spacial score (nSPS) is 12.2. The van der Waals surface area contributed by atoms with Gasteiger partial charge in [0.1, 0.15) is 0 Å². The monoisotopic (exact) mass is 285 g/mol. The van der Waals surface area contributed by atoms with E-state index in [1.54, 1.807) is 0 Å². The molecule has 112 valence electrons. The second-order valence-electron chi connectivity index (χ2n) is 5.36. The van der Waals surface area contributed by atoms with Crippen LogP contribution in [0, 0.1) is 6.92 Å². The number of nitrogens with zero attached hydrogens (tertiary/aromatic N) is 4. The van der Waals surface area contributed by atoms with E-state index >= 15 is 0 Å². The molecule has 0 aliphatic heterocycles. The van der Waals surface area contributed by atoms with Gasteiger partial charge in [0.25, 0.3) is 0 Å². The Kier molecular flexibility index (Phi) is 5.22. The van der Waals surface area contributed by atoms with Crippen LogP contribution < -0.4 is 10.6 Å². The zero-order valence-corrected chi connectivity index (χ0v) is 13.0. The second kappa shape index (κ2) is 7.13. The van der Waals surface area contributed by atoms with Crippen LogP contribution in [0.1, 0.15) is 30.8 Å². The number of hydrogen-bond acceptors (Lipinski definition) is 5. The van der Waals surface area contributed by atoms with Crippen LogP contribution in [-0.2, 0) is 13.0 Å². The summed E-state index contributed by atoms with van der Waals surface area (Å²) in [6.45, 7) is 7.62. The molecule has 0 amide bonds. The van der Waals surface area contributed by atoms with Gasteiger partial charge in [-0.1, -0.05) is 6.07 Å². The molecule has 0 radical (unpaired) electrons. The molecule has 2 N–H and O–H groups in total. The van der Waals surface area contributed by atoms with Crippen molar-refractivity contribution in [1.82, 2.24) is 15.0 Å². The van der Waals surface area contributed by atoms with Gasteiger partial charge in [-0.2, -0.15) is 0 Å². The summed E-state index contributed by atoms with van der Waals surface area (Å²) in [6, 6.07) is 6.18. The molecule has 0 fully saturated rings. The van der Waals surface area contributed by atoms with Crippen LogP contribution in [-0.4, -0.2) is 27.5 Å². The Bertz CT molecular complexity index is 565. The molecule has 1 atom stereocenters. The average molecular weight is 285 g/mol. The molecular formula is C16H23N5. The van der Waals surface area contributed by atoms with Crippen LogP contribution >= 0.6 is 0 Å². The fraction of sp³-hybridized carbons (Fsp3) is 0.438. The number of nitrogens with two attached hydrogens (primary N) is 1. The summed E-state index contributed by atoms with van der Waals surface area (Å²) in [5.74, 6) is 0.731. The lowest BCUT2D eigenvalue weighted by molar-refractivity contribution is 0.725. The molecule has 2 aromatic rings. The van der Waals surface area contributed by atoms with E-state index in [1.807, 2.05) is 44.4 Å². The fourth-order valence-corrected chi connectivity index (χ4v) is 2.20. The van der Waals surface area contributed by atoms with Gasteiger partial charge >= 0.3 is 0 Å². The summed E-state index contributed by atoms with van der Waals surface area (Å²) in [6.07, 6.45) is 4.52. The molecule has 5 heteroatoms. The van der Waals surface area contributed by atoms with E-state index < -0.39 is 0 Å². The van der Waals surface area contributed by atoms with Crippen LogP contribution in [0.2, 0.25) is 0 Å². The van der Waals surface area contributed by atoms with Crippen molar-refractivity contribution >= 4 is 5.95 Å². The minimum absolute atomic E-state index is 0.123. The maximum Gasteiger partial charge on any atom is 0.225 e. The maximum absolute atomic E-state index is 5.79. The van der Waals surface area contributed by atoms with Gasteiger partial charge in [0.2, 0.25) is 5.95 Å². The Labute approximate surface area is 126 Å². The van der Waals surface area contributed by atoms with Crippen molar-refractivity contribution in [3.05, 3.63) is 47.5 Å². The highest BCUT2D eigenvalue weighted by atomic mass is 15.2. The number of rotatable bonds is 6. The average Bonchev–Trinajstić information content (AvgIpc) is 2.45. The highest BCUT2D eigenvalue weighted by Crippen LogP contribution is 2.11. The summed E-state index contributed by atoms with van der Waals surface area (Å²) in [5.41, 5.74) is 8.91. The van der Waals surface area contributed by atoms with Crippen LogP contribution in [0.4, 0.5) is 5.95 Å². The molecule has 0 saturated heterocycles. The summed E-state index contributed by atoms with van der Waals surface area (Å²) in [7, 11) is 0. The minimum Gasteiger partial charge on any atom is -0.335 e. The van der Waals surface area contributed by atoms with Crippen molar-refractivity contribution in [2.45, 2.75) is 39.8 Å². The van der Waals surface area contributed by atoms with Gasteiger partial charge in [0.05, 0.1) is 12.2 Å². The molecule has 1 unspecified atom stereocenters. The Morgan fingerprint density at radius 3 is 2.52 bits per heavy atom. The van der Waals surface area contributed by atoms with Crippen LogP contribution in [0.15, 0.2) is 30.6 Å². The molecule has 2 rings (SSSR count). The molecule has 0 aliphatic rings. The predicted octanol–water partition coefficient (Wildman–Crippen LogP) is 2.10. The highest BCUT2D eigenvalue weighted by molar-refractivity contribution is 5.31. The van der Waals surface area contributed by atoms with E-state index in [0.717, 1.165) is 35.9 Å². The summed E-state index contributed by atoms with van der Waals surface area (Å²) < 4.78 is 0. The molecule has 0 spiro atoms. The van der Waals surface area contributed by atoms with Gasteiger partial charge in [-0.25, -0.2) is 9.97 Å². The molecule has 21 heavy (non-hydrogen) atoms. The molecule has 0 bridgehead atoms. The molecule has 2 aromatic heterocycles. The first-order chi connectivity index (χ1) is 10.1. The Morgan fingerprint density at radius 1 is 1.24 bits per heavy atom. The zero-order chi connectivity index (χ0) is 15.2. The van der Waals surface area contributed by atoms with Gasteiger partial charge in [0, 0.05) is 30.7 Å². The lowest BCUT2D eigenvalue weighted by atomic mass is 10.1. The second-order valence-corrected chi connectivity index (χ2v) is 5.36. The Hall–Kier alpha value is -2.01. The number of hydrogen-bond donors (Lipinski definition) is 1. The van der Waals surface area contributed by atoms with Gasteiger partial charge in [0.15, 0.2) is 0 Å². The van der Waals surface area contributed by atoms with E-state index in [1.165, 1.54) is 0 Å². The van der Waals surface area contributed by atoms with E-state index in [4.69, 9.17) is 5.73 Å². The molecule has 5 nitrogen and oxygen atoms in total. The standard InChI is InChI=1S/C16H23N5/c1-4-21(11-15-7-5-6-13(3)20-15)16-18-9-14(10-19-16)8-12(2)17/h5-7,9-10,12H,4,8,11,17H2,1-3H3. The Balaban J connectivity index is 2.10. The SMILES string of the molecule is CCN(Cc1cccc(C)n1)c1ncc(CC(C)N)cn1. The number of aryl methyl sites for hydroxylation is 1. The Morgan fingerprint density at radius 2 is 1.95 bits per heavy atom. The lowest BCUT2D eigenvalue weighted by Crippen LogP contribution is -2.25. The smallest absolute Gasteiger partial charge is 0.225 e. The van der Waals surface area contributed by atoms with Crippen LogP contribution in [0.25, 0.3) is 0 Å². The van der Waals surface area contributed by atoms with E-state index in [-0.39, 0.29) is 6.04 Å². The summed E-state index contributed by atoms with van der Waals surface area (Å²) >= 11 is 0. The third-order valence-corrected chi connectivity index (χ3v) is 3.21. The van der Waals surface area contributed by atoms with Gasteiger partial charge in [-0.05, 0) is 44.9 Å². The van der Waals surface area contributed by atoms with E-state index in [9.17, 15) is 0 Å². The van der Waals surface area contributed by atoms with Gasteiger partial charge in [-0.15, -0.1) is 0 Å². The van der Waals surface area contributed by atoms with Crippen LogP contribution in [0.3, 0.4) is 0 Å². The first kappa shape index (κ1) is 15.4. The quantitative estimate of drug-likeness (QED) is 0.880. The predicted molar refractivity (Wildman–Crippen MR) is 85.1 cm³/mol. The zero-order valence-electron chi connectivity index (χ0n) is 13.0. The fourth-order valence-electron chi connectivity index (χ4n) is 2.20. The lowest BCUT2D eigenvalue weighted by Gasteiger charge is -2.20. The van der Waals surface area contributed by atoms with Crippen molar-refractivity contribution in [1.29, 1.82) is 0 Å². The van der Waals surface area contributed by atoms with Crippen molar-refractivity contribution in [2.24, 2.45) is 5.73 Å². The first-order valence-electron chi connectivity index (χ1n) is 7.32. The molecule has 2 heterocycles. The van der Waals surface area contributed by atoms with Gasteiger partial charge in [-0.3, -0.25) is 4.98 Å². The third-order valence-electron chi connectivity index (χ3n) is 3.21. The topological polar surface area (TPSA) is 67.9 Å². The minimum atomic E-state index is 0.123.